The summed E-state index contributed by atoms with van der Waals surface area (Å²) in [5.41, 5.74) is 1.37. The summed E-state index contributed by atoms with van der Waals surface area (Å²) in [4.78, 5) is 15.2. The molecule has 1 N–H and O–H groups in total. The molecule has 1 saturated heterocycles. The first-order valence-corrected chi connectivity index (χ1v) is 8.24. The highest BCUT2D eigenvalue weighted by Gasteiger charge is 2.14. The van der Waals surface area contributed by atoms with E-state index in [0.29, 0.717) is 24.7 Å². The molecule has 0 unspecified atom stereocenters. The van der Waals surface area contributed by atoms with Gasteiger partial charge in [-0.25, -0.2) is 19.3 Å². The van der Waals surface area contributed by atoms with Crippen LogP contribution in [0.1, 0.15) is 0 Å². The zero-order valence-electron chi connectivity index (χ0n) is 13.2. The zero-order valence-corrected chi connectivity index (χ0v) is 14.0. The summed E-state index contributed by atoms with van der Waals surface area (Å²) < 4.78 is 18.7. The first-order chi connectivity index (χ1) is 12.2. The quantitative estimate of drug-likeness (QED) is 0.773. The monoisotopic (exact) mass is 359 g/mol. The Hall–Kier alpha value is -2.51. The topological polar surface area (TPSA) is 63.2 Å². The smallest absolute Gasteiger partial charge is 0.141 e. The molecular weight excluding hydrogens is 345 g/mol. The molecule has 0 spiro atoms. The van der Waals surface area contributed by atoms with Gasteiger partial charge < -0.3 is 15.0 Å². The van der Waals surface area contributed by atoms with Crippen molar-refractivity contribution in [3.63, 3.8) is 0 Å². The summed E-state index contributed by atoms with van der Waals surface area (Å²) in [6.07, 6.45) is 3.19. The first-order valence-electron chi connectivity index (χ1n) is 7.86. The minimum Gasteiger partial charge on any atom is -0.378 e. The van der Waals surface area contributed by atoms with Crippen LogP contribution >= 0.6 is 11.6 Å². The van der Waals surface area contributed by atoms with Crippen LogP contribution in [0.15, 0.2) is 36.8 Å². The lowest BCUT2D eigenvalue weighted by atomic mass is 10.2. The second-order valence-corrected chi connectivity index (χ2v) is 6.04. The van der Waals surface area contributed by atoms with Crippen LogP contribution in [0.25, 0.3) is 10.9 Å². The van der Waals surface area contributed by atoms with Crippen LogP contribution in [0, 0.1) is 5.82 Å². The van der Waals surface area contributed by atoms with Crippen molar-refractivity contribution in [2.75, 3.05) is 36.5 Å². The number of pyridine rings is 1. The molecule has 0 bridgehead atoms. The van der Waals surface area contributed by atoms with E-state index in [4.69, 9.17) is 16.3 Å². The Morgan fingerprint density at radius 3 is 2.76 bits per heavy atom. The van der Waals surface area contributed by atoms with Gasteiger partial charge in [-0.3, -0.25) is 0 Å². The lowest BCUT2D eigenvalue weighted by Gasteiger charge is -2.27. The maximum Gasteiger partial charge on any atom is 0.141 e. The summed E-state index contributed by atoms with van der Waals surface area (Å²) in [6, 6.07) is 6.40. The van der Waals surface area contributed by atoms with E-state index in [0.717, 1.165) is 29.8 Å². The number of hydrogen-bond acceptors (Lipinski definition) is 6. The summed E-state index contributed by atoms with van der Waals surface area (Å²) in [5.74, 6) is 1.01. The zero-order chi connectivity index (χ0) is 17.2. The molecular formula is C17H15ClFN5O. The fourth-order valence-electron chi connectivity index (χ4n) is 2.72. The Balaban J connectivity index is 1.71. The Kier molecular flexibility index (Phi) is 4.33. The standard InChI is InChI=1S/C17H15ClFN5O/c18-13-7-11(1-2-14(13)19)23-17-12-8-16(24-3-5-25-6-4-24)20-9-15(12)21-10-22-17/h1-2,7-10H,3-6H2,(H,21,22,23). The van der Waals surface area contributed by atoms with Crippen molar-refractivity contribution in [1.82, 2.24) is 15.0 Å². The Morgan fingerprint density at radius 1 is 1.12 bits per heavy atom. The van der Waals surface area contributed by atoms with E-state index in [1.54, 1.807) is 12.3 Å². The molecule has 8 heteroatoms. The Bertz CT molecular complexity index is 917. The number of benzene rings is 1. The number of halogens is 2. The van der Waals surface area contributed by atoms with Gasteiger partial charge in [0.1, 0.15) is 23.8 Å². The average Bonchev–Trinajstić information content (AvgIpc) is 2.65. The summed E-state index contributed by atoms with van der Waals surface area (Å²) in [7, 11) is 0. The van der Waals surface area contributed by atoms with Crippen molar-refractivity contribution >= 4 is 39.8 Å². The number of nitrogens with zero attached hydrogens (tertiary/aromatic N) is 4. The molecule has 0 atom stereocenters. The number of fused-ring (bicyclic) bond motifs is 1. The van der Waals surface area contributed by atoms with Crippen LogP contribution < -0.4 is 10.2 Å². The molecule has 0 amide bonds. The van der Waals surface area contributed by atoms with Gasteiger partial charge in [0, 0.05) is 24.2 Å². The van der Waals surface area contributed by atoms with Crippen molar-refractivity contribution in [1.29, 1.82) is 0 Å². The van der Waals surface area contributed by atoms with Crippen molar-refractivity contribution < 1.29 is 9.13 Å². The Labute approximate surface area is 148 Å². The van der Waals surface area contributed by atoms with Gasteiger partial charge in [-0.1, -0.05) is 11.6 Å². The lowest BCUT2D eigenvalue weighted by Crippen LogP contribution is -2.36. The molecule has 1 fully saturated rings. The predicted molar refractivity (Wildman–Crippen MR) is 95.1 cm³/mol. The molecule has 2 aromatic heterocycles. The van der Waals surface area contributed by atoms with Gasteiger partial charge in [-0.15, -0.1) is 0 Å². The first kappa shape index (κ1) is 16.0. The van der Waals surface area contributed by atoms with Crippen molar-refractivity contribution in [2.45, 2.75) is 0 Å². The number of rotatable bonds is 3. The molecule has 6 nitrogen and oxygen atoms in total. The second-order valence-electron chi connectivity index (χ2n) is 5.64. The summed E-state index contributed by atoms with van der Waals surface area (Å²) >= 11 is 5.85. The maximum absolute atomic E-state index is 13.3. The second kappa shape index (κ2) is 6.78. The normalized spacial score (nSPS) is 14.7. The largest absolute Gasteiger partial charge is 0.378 e. The number of nitrogens with one attached hydrogen (secondary N) is 1. The molecule has 1 aliphatic heterocycles. The summed E-state index contributed by atoms with van der Waals surface area (Å²) in [5, 5.41) is 4.06. The van der Waals surface area contributed by atoms with Gasteiger partial charge in [0.2, 0.25) is 0 Å². The molecule has 0 saturated carbocycles. The van der Waals surface area contributed by atoms with Crippen LogP contribution in [-0.4, -0.2) is 41.3 Å². The minimum absolute atomic E-state index is 0.0547. The highest BCUT2D eigenvalue weighted by molar-refractivity contribution is 6.31. The van der Waals surface area contributed by atoms with E-state index in [2.05, 4.69) is 25.2 Å². The molecule has 1 aromatic carbocycles. The van der Waals surface area contributed by atoms with Crippen LogP contribution in [0.3, 0.4) is 0 Å². The molecule has 25 heavy (non-hydrogen) atoms. The third kappa shape index (κ3) is 3.33. The molecule has 0 radical (unpaired) electrons. The molecule has 3 heterocycles. The van der Waals surface area contributed by atoms with E-state index >= 15 is 0 Å². The molecule has 3 aromatic rings. The molecule has 4 rings (SSSR count). The van der Waals surface area contributed by atoms with Crippen molar-refractivity contribution in [3.05, 3.63) is 47.6 Å². The number of aromatic nitrogens is 3. The van der Waals surface area contributed by atoms with Gasteiger partial charge in [0.15, 0.2) is 0 Å². The SMILES string of the molecule is Fc1ccc(Nc2ncnc3cnc(N4CCOCC4)cc23)cc1Cl. The van der Waals surface area contributed by atoms with E-state index in [1.165, 1.54) is 18.5 Å². The fraction of sp³-hybridized carbons (Fsp3) is 0.235. The molecule has 128 valence electrons. The van der Waals surface area contributed by atoms with Crippen molar-refractivity contribution in [2.24, 2.45) is 0 Å². The lowest BCUT2D eigenvalue weighted by molar-refractivity contribution is 0.122. The Morgan fingerprint density at radius 2 is 1.96 bits per heavy atom. The molecule has 0 aliphatic carbocycles. The number of hydrogen-bond donors (Lipinski definition) is 1. The highest BCUT2D eigenvalue weighted by Crippen LogP contribution is 2.27. The van der Waals surface area contributed by atoms with Crippen LogP contribution in [0.4, 0.5) is 21.7 Å². The van der Waals surface area contributed by atoms with E-state index in [9.17, 15) is 4.39 Å². The minimum atomic E-state index is -0.460. The third-order valence-corrected chi connectivity index (χ3v) is 4.31. The van der Waals surface area contributed by atoms with Crippen LogP contribution in [0.5, 0.6) is 0 Å². The van der Waals surface area contributed by atoms with Crippen LogP contribution in [0.2, 0.25) is 5.02 Å². The van der Waals surface area contributed by atoms with Gasteiger partial charge in [0.25, 0.3) is 0 Å². The predicted octanol–water partition coefficient (Wildman–Crippen LogP) is 3.40. The van der Waals surface area contributed by atoms with E-state index < -0.39 is 5.82 Å². The van der Waals surface area contributed by atoms with Crippen LogP contribution in [-0.2, 0) is 4.74 Å². The third-order valence-electron chi connectivity index (χ3n) is 4.02. The van der Waals surface area contributed by atoms with Crippen molar-refractivity contribution in [3.8, 4) is 0 Å². The van der Waals surface area contributed by atoms with E-state index in [1.807, 2.05) is 6.07 Å². The van der Waals surface area contributed by atoms with Gasteiger partial charge >= 0.3 is 0 Å². The number of morpholine rings is 1. The highest BCUT2D eigenvalue weighted by atomic mass is 35.5. The summed E-state index contributed by atoms with van der Waals surface area (Å²) in [6.45, 7) is 2.96. The fourth-order valence-corrected chi connectivity index (χ4v) is 2.90. The van der Waals surface area contributed by atoms with Gasteiger partial charge in [0.05, 0.1) is 29.9 Å². The molecule has 1 aliphatic rings. The van der Waals surface area contributed by atoms with Gasteiger partial charge in [-0.05, 0) is 24.3 Å². The maximum atomic E-state index is 13.3. The average molecular weight is 360 g/mol. The number of ether oxygens (including phenoxy) is 1. The van der Waals surface area contributed by atoms with Gasteiger partial charge in [-0.2, -0.15) is 0 Å². The number of anilines is 3. The van der Waals surface area contributed by atoms with E-state index in [-0.39, 0.29) is 5.02 Å².